The van der Waals surface area contributed by atoms with Crippen LogP contribution in [-0.4, -0.2) is 101 Å². The lowest BCUT2D eigenvalue weighted by atomic mass is 10.0. The molecule has 4 atom stereocenters. The molecule has 1 aromatic heterocycles. The number of nitrogens with zero attached hydrogens (tertiary/aromatic N) is 3. The van der Waals surface area contributed by atoms with Crippen molar-refractivity contribution in [3.63, 3.8) is 0 Å². The first-order valence-corrected chi connectivity index (χ1v) is 17.7. The van der Waals surface area contributed by atoms with Crippen LogP contribution in [0.1, 0.15) is 63.4 Å². The van der Waals surface area contributed by atoms with E-state index in [1.807, 2.05) is 0 Å². The molecule has 3 fully saturated rings. The molecular weight excluding hydrogens is 730 g/mol. The van der Waals surface area contributed by atoms with Gasteiger partial charge in [-0.25, -0.2) is 28.0 Å². The number of hydrogen-bond acceptors (Lipinski definition) is 12. The van der Waals surface area contributed by atoms with Gasteiger partial charge >= 0.3 is 24.1 Å². The zero-order chi connectivity index (χ0) is 39.6. The van der Waals surface area contributed by atoms with E-state index in [1.54, 1.807) is 30.2 Å². The minimum Gasteiger partial charge on any atom is -0.487 e. The molecule has 16 nitrogen and oxygen atoms in total. The number of hydrogen-bond donors (Lipinski definition) is 3. The first kappa shape index (κ1) is 37.7. The van der Waals surface area contributed by atoms with Gasteiger partial charge in [0.25, 0.3) is 0 Å². The number of alkyl carbamates (subject to hydrolysis) is 1. The molecule has 2 aromatic carbocycles. The number of nitrogens with one attached hydrogen (secondary N) is 1. The third kappa shape index (κ3) is 7.54. The van der Waals surface area contributed by atoms with Crippen molar-refractivity contribution in [2.45, 2.75) is 82.4 Å². The number of benzene rings is 2. The van der Waals surface area contributed by atoms with Gasteiger partial charge in [-0.2, -0.15) is 0 Å². The molecular formula is C37H40F2N4O12. The number of anilines is 2. The van der Waals surface area contributed by atoms with E-state index in [2.05, 4.69) is 5.32 Å². The van der Waals surface area contributed by atoms with Crippen molar-refractivity contribution >= 4 is 46.4 Å². The number of aliphatic hydroxyl groups is 1. The van der Waals surface area contributed by atoms with Crippen LogP contribution in [0.2, 0.25) is 0 Å². The third-order valence-electron chi connectivity index (χ3n) is 9.69. The number of cyclic esters (lactones) is 1. The van der Waals surface area contributed by atoms with Gasteiger partial charge in [0.15, 0.2) is 29.2 Å². The average molecular weight is 771 g/mol. The number of esters is 1. The largest absolute Gasteiger partial charge is 0.487 e. The van der Waals surface area contributed by atoms with E-state index in [-0.39, 0.29) is 79.1 Å². The molecule has 18 heteroatoms. The van der Waals surface area contributed by atoms with Gasteiger partial charge in [-0.05, 0) is 58.7 Å². The standard InChI is InChI=1S/C37H40F2N4O12/c1-18(40-34(48)55-36(2,3)4)33(47)52-15-22-12-42(35(49)54-22)20-7-8-27(25(38)9-20)53-17-37(50)11-21-14-51-31-28-23(10-26(39)29(31)43(21)16-37)30(44)24(32(45)46)13-41(28)19-5-6-19/h7-10,13,18-19,21-22,50H,5-6,11-12,14-17H2,1-4H3,(H,40,48)(H,45,46)/t18-,21-,22+,37-/m0/s1. The number of amides is 2. The fraction of sp³-hybridized carbons (Fsp3) is 0.486. The predicted octanol–water partition coefficient (Wildman–Crippen LogP) is 3.88. The fourth-order valence-electron chi connectivity index (χ4n) is 7.04. The van der Waals surface area contributed by atoms with E-state index in [4.69, 9.17) is 23.7 Å². The summed E-state index contributed by atoms with van der Waals surface area (Å²) in [5.74, 6) is -3.98. The van der Waals surface area contributed by atoms with Gasteiger partial charge in [-0.3, -0.25) is 9.69 Å². The molecule has 2 amide bonds. The fourth-order valence-corrected chi connectivity index (χ4v) is 7.04. The smallest absolute Gasteiger partial charge is 0.414 e. The molecule has 4 heterocycles. The lowest BCUT2D eigenvalue weighted by Gasteiger charge is -2.34. The maximum absolute atomic E-state index is 15.8. The number of rotatable bonds is 10. The number of ether oxygens (including phenoxy) is 5. The second-order valence-electron chi connectivity index (χ2n) is 15.3. The molecule has 0 radical (unpaired) electrons. The summed E-state index contributed by atoms with van der Waals surface area (Å²) in [4.78, 5) is 64.6. The van der Waals surface area contributed by atoms with E-state index in [0.717, 1.165) is 29.9 Å². The second kappa shape index (κ2) is 13.9. The summed E-state index contributed by atoms with van der Waals surface area (Å²) in [5.41, 5.74) is -3.17. The highest BCUT2D eigenvalue weighted by Crippen LogP contribution is 2.48. The topological polar surface area (TPSA) is 195 Å². The number of aromatic carboxylic acids is 1. The van der Waals surface area contributed by atoms with Crippen LogP contribution in [0.4, 0.5) is 29.7 Å². The molecule has 0 spiro atoms. The van der Waals surface area contributed by atoms with Gasteiger partial charge in [0, 0.05) is 24.7 Å². The maximum Gasteiger partial charge on any atom is 0.414 e. The highest BCUT2D eigenvalue weighted by atomic mass is 19.1. The van der Waals surface area contributed by atoms with Gasteiger partial charge in [0.1, 0.15) is 48.3 Å². The molecule has 1 aliphatic carbocycles. The highest BCUT2D eigenvalue weighted by Gasteiger charge is 2.48. The summed E-state index contributed by atoms with van der Waals surface area (Å²) in [5, 5.41) is 23.4. The van der Waals surface area contributed by atoms with E-state index in [1.165, 1.54) is 25.3 Å². The summed E-state index contributed by atoms with van der Waals surface area (Å²) in [7, 11) is 0. The molecule has 1 saturated carbocycles. The van der Waals surface area contributed by atoms with Crippen LogP contribution in [0, 0.1) is 11.6 Å². The first-order chi connectivity index (χ1) is 25.9. The van der Waals surface area contributed by atoms with E-state index in [9.17, 15) is 34.2 Å². The lowest BCUT2D eigenvalue weighted by Crippen LogP contribution is -2.43. The average Bonchev–Trinajstić information content (AvgIpc) is 3.79. The Morgan fingerprint density at radius 1 is 1.11 bits per heavy atom. The Labute approximate surface area is 312 Å². The van der Waals surface area contributed by atoms with E-state index >= 15 is 8.78 Å². The summed E-state index contributed by atoms with van der Waals surface area (Å²) < 4.78 is 60.2. The van der Waals surface area contributed by atoms with E-state index in [0.29, 0.717) is 0 Å². The molecule has 0 bridgehead atoms. The number of aromatic nitrogens is 1. The third-order valence-corrected chi connectivity index (χ3v) is 9.69. The Morgan fingerprint density at radius 2 is 1.85 bits per heavy atom. The summed E-state index contributed by atoms with van der Waals surface area (Å²) in [6, 6.07) is 3.17. The van der Waals surface area contributed by atoms with Gasteiger partial charge in [-0.15, -0.1) is 0 Å². The summed E-state index contributed by atoms with van der Waals surface area (Å²) >= 11 is 0. The highest BCUT2D eigenvalue weighted by molar-refractivity contribution is 5.97. The van der Waals surface area contributed by atoms with E-state index < -0.39 is 76.1 Å². The Balaban J connectivity index is 0.986. The Hall–Kier alpha value is -5.65. The number of fused-ring (bicyclic) bond motifs is 5. The zero-order valence-corrected chi connectivity index (χ0v) is 30.4. The van der Waals surface area contributed by atoms with Crippen molar-refractivity contribution < 1.29 is 61.9 Å². The number of carbonyl (C=O) groups is 4. The molecule has 0 unspecified atom stereocenters. The Kier molecular flexibility index (Phi) is 9.51. The molecule has 3 aromatic rings. The minimum absolute atomic E-state index is 0.0321. The number of carboxylic acid groups (broad SMARTS) is 1. The molecule has 294 valence electrons. The van der Waals surface area contributed by atoms with Crippen LogP contribution >= 0.6 is 0 Å². The molecule has 3 aliphatic heterocycles. The van der Waals surface area contributed by atoms with Crippen LogP contribution in [-0.2, 0) is 19.0 Å². The van der Waals surface area contributed by atoms with Crippen molar-refractivity contribution in [1.82, 2.24) is 9.88 Å². The van der Waals surface area contributed by atoms with Crippen molar-refractivity contribution in [1.29, 1.82) is 0 Å². The van der Waals surface area contributed by atoms with Crippen molar-refractivity contribution in [3.05, 3.63) is 57.9 Å². The van der Waals surface area contributed by atoms with Gasteiger partial charge in [0.05, 0.1) is 35.7 Å². The monoisotopic (exact) mass is 770 g/mol. The predicted molar refractivity (Wildman–Crippen MR) is 189 cm³/mol. The van der Waals surface area contributed by atoms with Crippen LogP contribution in [0.15, 0.2) is 35.3 Å². The molecule has 7 rings (SSSR count). The second-order valence-corrected chi connectivity index (χ2v) is 15.3. The molecule has 4 aliphatic rings. The molecule has 55 heavy (non-hydrogen) atoms. The van der Waals surface area contributed by atoms with Crippen LogP contribution < -0.4 is 30.0 Å². The van der Waals surface area contributed by atoms with Crippen LogP contribution in [0.25, 0.3) is 10.9 Å². The Bertz CT molecular complexity index is 2150. The van der Waals surface area contributed by atoms with Crippen molar-refractivity contribution in [2.24, 2.45) is 0 Å². The number of halogens is 2. The zero-order valence-electron chi connectivity index (χ0n) is 30.4. The number of carboxylic acids is 1. The summed E-state index contributed by atoms with van der Waals surface area (Å²) in [6.45, 7) is 5.59. The van der Waals surface area contributed by atoms with Crippen LogP contribution in [0.5, 0.6) is 11.5 Å². The maximum atomic E-state index is 15.8. The first-order valence-electron chi connectivity index (χ1n) is 17.7. The van der Waals surface area contributed by atoms with Gasteiger partial charge in [0.2, 0.25) is 5.43 Å². The van der Waals surface area contributed by atoms with Gasteiger partial charge in [-0.1, -0.05) is 0 Å². The quantitative estimate of drug-likeness (QED) is 0.199. The minimum atomic E-state index is -1.57. The normalized spacial score (nSPS) is 22.3. The molecule has 2 saturated heterocycles. The SMILES string of the molecule is C[C@H](NC(=O)OC(C)(C)C)C(=O)OC[C@H]1CN(c2ccc(OC[C@]3(O)C[C@H]4COc5c(c(F)cc6c(=O)c(C(=O)O)cn(C7CC7)c56)N4C3)c(F)c2)C(=O)O1. The van der Waals surface area contributed by atoms with Crippen LogP contribution in [0.3, 0.4) is 0 Å². The summed E-state index contributed by atoms with van der Waals surface area (Å²) in [6.07, 6.45) is 0.376. The number of pyridine rings is 1. The number of carbonyl (C=O) groups excluding carboxylic acids is 3. The Morgan fingerprint density at radius 3 is 2.53 bits per heavy atom. The molecule has 3 N–H and O–H groups in total. The van der Waals surface area contributed by atoms with Crippen molar-refractivity contribution in [2.75, 3.05) is 42.7 Å². The lowest BCUT2D eigenvalue weighted by molar-refractivity contribution is -0.148. The van der Waals surface area contributed by atoms with Crippen molar-refractivity contribution in [3.8, 4) is 11.5 Å². The van der Waals surface area contributed by atoms with Gasteiger partial charge < -0.3 is 48.7 Å².